The fourth-order valence-electron chi connectivity index (χ4n) is 2.57. The van der Waals surface area contributed by atoms with Gasteiger partial charge in [0.1, 0.15) is 0 Å². The van der Waals surface area contributed by atoms with Gasteiger partial charge in [-0.1, -0.05) is 28.1 Å². The van der Waals surface area contributed by atoms with Crippen molar-refractivity contribution < 1.29 is 4.74 Å². The third kappa shape index (κ3) is 2.07. The van der Waals surface area contributed by atoms with E-state index in [9.17, 15) is 0 Å². The molecule has 2 heterocycles. The monoisotopic (exact) mass is 388 g/mol. The van der Waals surface area contributed by atoms with Crippen molar-refractivity contribution >= 4 is 53.3 Å². The zero-order valence-corrected chi connectivity index (χ0v) is 14.1. The second kappa shape index (κ2) is 4.89. The summed E-state index contributed by atoms with van der Waals surface area (Å²) in [4.78, 5) is 0.260. The summed E-state index contributed by atoms with van der Waals surface area (Å²) in [6.45, 7) is 3.09. The second-order valence-electron chi connectivity index (χ2n) is 4.93. The molecule has 1 aromatic heterocycles. The molecule has 1 saturated heterocycles. The average Bonchev–Trinajstić information content (AvgIpc) is 2.96. The molecule has 1 fully saturated rings. The van der Waals surface area contributed by atoms with E-state index in [1.165, 1.54) is 20.1 Å². The number of rotatable bonds is 2. The van der Waals surface area contributed by atoms with Crippen molar-refractivity contribution in [1.29, 1.82) is 0 Å². The smallest absolute Gasteiger partial charge is 0.0821 e. The first-order valence-electron chi connectivity index (χ1n) is 6.05. The van der Waals surface area contributed by atoms with Gasteiger partial charge < -0.3 is 4.74 Å². The first kappa shape index (κ1) is 13.1. The Morgan fingerprint density at radius 2 is 2.28 bits per heavy atom. The maximum Gasteiger partial charge on any atom is 0.0821 e. The van der Waals surface area contributed by atoms with Crippen LogP contribution in [0.5, 0.6) is 0 Å². The van der Waals surface area contributed by atoms with E-state index >= 15 is 0 Å². The third-order valence-corrected chi connectivity index (χ3v) is 7.07. The molecule has 0 bridgehead atoms. The molecule has 1 nitrogen and oxygen atoms in total. The number of alkyl halides is 1. The van der Waals surface area contributed by atoms with E-state index in [0.717, 1.165) is 19.4 Å². The Kier molecular flexibility index (Phi) is 3.56. The predicted molar refractivity (Wildman–Crippen MR) is 84.8 cm³/mol. The number of ether oxygens (including phenoxy) is 1. The number of halogens is 2. The largest absolute Gasteiger partial charge is 0.374 e. The Morgan fingerprint density at radius 3 is 3.00 bits per heavy atom. The minimum Gasteiger partial charge on any atom is -0.374 e. The van der Waals surface area contributed by atoms with Gasteiger partial charge in [-0.15, -0.1) is 11.3 Å². The molecule has 0 amide bonds. The summed E-state index contributed by atoms with van der Waals surface area (Å²) < 4.78 is 8.44. The standard InChI is InChI=1S/C14H14Br2OS/c1-14(6-3-7-17-14)13(16)10-8-18-12-9(10)4-2-5-11(12)15/h2,4-5,8,13H,3,6-7H2,1H3. The summed E-state index contributed by atoms with van der Waals surface area (Å²) >= 11 is 9.27. The number of thiophene rings is 1. The molecular formula is C14H14Br2OS. The molecule has 96 valence electrons. The van der Waals surface area contributed by atoms with Crippen molar-refractivity contribution in [1.82, 2.24) is 0 Å². The van der Waals surface area contributed by atoms with Crippen LogP contribution >= 0.6 is 43.2 Å². The molecule has 1 aliphatic rings. The highest BCUT2D eigenvalue weighted by Gasteiger charge is 2.38. The van der Waals surface area contributed by atoms with Gasteiger partial charge in [-0.3, -0.25) is 0 Å². The quantitative estimate of drug-likeness (QED) is 0.601. The van der Waals surface area contributed by atoms with Gasteiger partial charge in [0.2, 0.25) is 0 Å². The van der Waals surface area contributed by atoms with Crippen LogP contribution in [0.4, 0.5) is 0 Å². The molecule has 2 atom stereocenters. The lowest BCUT2D eigenvalue weighted by Gasteiger charge is -2.29. The Bertz CT molecular complexity index is 572. The Labute approximate surface area is 128 Å². The van der Waals surface area contributed by atoms with Gasteiger partial charge in [-0.2, -0.15) is 0 Å². The van der Waals surface area contributed by atoms with E-state index < -0.39 is 0 Å². The predicted octanol–water partition coefficient (Wildman–Crippen LogP) is 5.67. The van der Waals surface area contributed by atoms with E-state index in [-0.39, 0.29) is 10.4 Å². The van der Waals surface area contributed by atoms with Crippen molar-refractivity contribution in [3.8, 4) is 0 Å². The topological polar surface area (TPSA) is 9.23 Å². The van der Waals surface area contributed by atoms with E-state index in [4.69, 9.17) is 4.74 Å². The summed E-state index contributed by atoms with van der Waals surface area (Å²) in [6, 6.07) is 6.39. The van der Waals surface area contributed by atoms with Crippen LogP contribution < -0.4 is 0 Å². The van der Waals surface area contributed by atoms with Gasteiger partial charge in [0.25, 0.3) is 0 Å². The van der Waals surface area contributed by atoms with Gasteiger partial charge >= 0.3 is 0 Å². The number of fused-ring (bicyclic) bond motifs is 1. The molecule has 0 spiro atoms. The molecule has 1 aromatic carbocycles. The lowest BCUT2D eigenvalue weighted by molar-refractivity contribution is 0.0201. The van der Waals surface area contributed by atoms with Gasteiger partial charge in [0.05, 0.1) is 10.4 Å². The molecule has 4 heteroatoms. The van der Waals surface area contributed by atoms with Crippen LogP contribution in [0.2, 0.25) is 0 Å². The van der Waals surface area contributed by atoms with Gasteiger partial charge in [0, 0.05) is 15.8 Å². The van der Waals surface area contributed by atoms with Crippen molar-refractivity contribution in [2.24, 2.45) is 0 Å². The molecule has 2 unspecified atom stereocenters. The zero-order chi connectivity index (χ0) is 12.8. The van der Waals surface area contributed by atoms with Crippen LogP contribution in [0, 0.1) is 0 Å². The van der Waals surface area contributed by atoms with E-state index in [1.54, 1.807) is 11.3 Å². The molecule has 0 radical (unpaired) electrons. The van der Waals surface area contributed by atoms with Crippen molar-refractivity contribution in [3.63, 3.8) is 0 Å². The van der Waals surface area contributed by atoms with Gasteiger partial charge in [-0.25, -0.2) is 0 Å². The molecule has 0 saturated carbocycles. The summed E-state index contributed by atoms with van der Waals surface area (Å²) in [5.74, 6) is 0. The maximum absolute atomic E-state index is 5.95. The second-order valence-corrected chi connectivity index (χ2v) is 7.58. The molecule has 3 rings (SSSR count). The SMILES string of the molecule is CC1(C(Br)c2csc3c(Br)cccc23)CCCO1. The summed E-state index contributed by atoms with van der Waals surface area (Å²) in [5, 5.41) is 3.58. The lowest BCUT2D eigenvalue weighted by Crippen LogP contribution is -2.28. The highest BCUT2D eigenvalue weighted by Crippen LogP contribution is 2.47. The normalized spacial score (nSPS) is 25.7. The minimum absolute atomic E-state index is 0.0731. The van der Waals surface area contributed by atoms with Crippen LogP contribution in [0.1, 0.15) is 30.2 Å². The van der Waals surface area contributed by atoms with E-state index in [1.807, 2.05) is 0 Å². The van der Waals surface area contributed by atoms with Crippen LogP contribution in [-0.4, -0.2) is 12.2 Å². The first-order valence-corrected chi connectivity index (χ1v) is 8.64. The van der Waals surface area contributed by atoms with Crippen LogP contribution in [0.3, 0.4) is 0 Å². The van der Waals surface area contributed by atoms with E-state index in [2.05, 4.69) is 62.4 Å². The van der Waals surface area contributed by atoms with Crippen molar-refractivity contribution in [3.05, 3.63) is 33.6 Å². The molecule has 1 aliphatic heterocycles. The number of hydrogen-bond acceptors (Lipinski definition) is 2. The average molecular weight is 390 g/mol. The molecular weight excluding hydrogens is 376 g/mol. The minimum atomic E-state index is -0.0731. The van der Waals surface area contributed by atoms with Crippen LogP contribution in [0.25, 0.3) is 10.1 Å². The van der Waals surface area contributed by atoms with Crippen molar-refractivity contribution in [2.45, 2.75) is 30.2 Å². The highest BCUT2D eigenvalue weighted by molar-refractivity contribution is 9.10. The fourth-order valence-corrected chi connectivity index (χ4v) is 5.13. The molecule has 18 heavy (non-hydrogen) atoms. The first-order chi connectivity index (χ1) is 8.62. The molecule has 2 aromatic rings. The Hall–Kier alpha value is 0.1000. The third-order valence-electron chi connectivity index (χ3n) is 3.64. The van der Waals surface area contributed by atoms with Crippen molar-refractivity contribution in [2.75, 3.05) is 6.61 Å². The Morgan fingerprint density at radius 1 is 1.44 bits per heavy atom. The Balaban J connectivity index is 2.07. The maximum atomic E-state index is 5.95. The molecule has 0 N–H and O–H groups in total. The van der Waals surface area contributed by atoms with Gasteiger partial charge in [-0.05, 0) is 58.1 Å². The number of benzene rings is 1. The lowest BCUT2D eigenvalue weighted by atomic mass is 9.93. The van der Waals surface area contributed by atoms with E-state index in [0.29, 0.717) is 0 Å². The summed E-state index contributed by atoms with van der Waals surface area (Å²) in [6.07, 6.45) is 2.28. The number of hydrogen-bond donors (Lipinski definition) is 0. The van der Waals surface area contributed by atoms with Gasteiger partial charge in [0.15, 0.2) is 0 Å². The zero-order valence-electron chi connectivity index (χ0n) is 10.1. The summed E-state index contributed by atoms with van der Waals surface area (Å²) in [7, 11) is 0. The van der Waals surface area contributed by atoms with Crippen LogP contribution in [0.15, 0.2) is 28.1 Å². The highest BCUT2D eigenvalue weighted by atomic mass is 79.9. The van der Waals surface area contributed by atoms with Crippen LogP contribution in [-0.2, 0) is 4.74 Å². The fraction of sp³-hybridized carbons (Fsp3) is 0.429. The molecule has 0 aliphatic carbocycles. The summed E-state index contributed by atoms with van der Waals surface area (Å²) in [5.41, 5.74) is 1.27.